The van der Waals surface area contributed by atoms with Gasteiger partial charge in [0.1, 0.15) is 0 Å². The molecule has 0 rings (SSSR count). The third-order valence-corrected chi connectivity index (χ3v) is 0. The van der Waals surface area contributed by atoms with Crippen molar-refractivity contribution in [1.82, 2.24) is 6.15 Å². The molecule has 0 aliphatic carbocycles. The Morgan fingerprint density at radius 2 is 0.714 bits per heavy atom. The molecular formula is C10H26N2O9. The molecule has 0 bridgehead atoms. The van der Waals surface area contributed by atoms with Gasteiger partial charge in [-0.25, -0.2) is 0 Å². The Labute approximate surface area is 122 Å². The van der Waals surface area contributed by atoms with Crippen LogP contribution in [0.2, 0.25) is 0 Å². The highest BCUT2D eigenvalue weighted by molar-refractivity contribution is 5.63. The molecule has 0 aliphatic heterocycles. The van der Waals surface area contributed by atoms with Gasteiger partial charge in [-0.3, -0.25) is 19.2 Å². The molecule has 11 nitrogen and oxygen atoms in total. The van der Waals surface area contributed by atoms with Gasteiger partial charge in [0, 0.05) is 27.7 Å². The predicted molar refractivity (Wildman–Crippen MR) is 74.1 cm³/mol. The van der Waals surface area contributed by atoms with Gasteiger partial charge >= 0.3 is 0 Å². The van der Waals surface area contributed by atoms with Gasteiger partial charge in [0.15, 0.2) is 0 Å². The van der Waals surface area contributed by atoms with Gasteiger partial charge in [-0.05, 0) is 6.92 Å². The first-order chi connectivity index (χ1) is 8.66. The second-order valence-electron chi connectivity index (χ2n) is 2.82. The molecule has 21 heavy (non-hydrogen) atoms. The van der Waals surface area contributed by atoms with E-state index in [0.717, 1.165) is 27.7 Å². The summed E-state index contributed by atoms with van der Waals surface area (Å²) >= 11 is 0. The van der Waals surface area contributed by atoms with Gasteiger partial charge in [0.25, 0.3) is 23.9 Å². The summed E-state index contributed by atoms with van der Waals surface area (Å²) in [6.45, 7) is 5.83. The van der Waals surface area contributed by atoms with Crippen molar-refractivity contribution in [2.75, 3.05) is 0 Å². The van der Waals surface area contributed by atoms with Crippen LogP contribution in [0.4, 0.5) is 0 Å². The summed E-state index contributed by atoms with van der Waals surface area (Å²) in [5.41, 5.74) is 4.67. The predicted octanol–water partition coefficient (Wildman–Crippen LogP) is -0.191. The molecule has 1 unspecified atom stereocenters. The lowest BCUT2D eigenvalue weighted by Gasteiger charge is -1.82. The van der Waals surface area contributed by atoms with E-state index in [1.807, 2.05) is 0 Å². The first-order valence-corrected chi connectivity index (χ1v) is 4.88. The van der Waals surface area contributed by atoms with E-state index in [1.54, 1.807) is 0 Å². The van der Waals surface area contributed by atoms with Crippen LogP contribution in [-0.4, -0.2) is 55.6 Å². The van der Waals surface area contributed by atoms with E-state index in [4.69, 9.17) is 44.7 Å². The SMILES string of the molecule is CC(=O)O.CC(=O)O.CC(=O)O.CC(=O)O.CC(N)O.N. The van der Waals surface area contributed by atoms with Crippen LogP contribution in [0.5, 0.6) is 0 Å². The maximum absolute atomic E-state index is 9.00. The van der Waals surface area contributed by atoms with Crippen LogP contribution in [0.1, 0.15) is 34.6 Å². The molecule has 0 amide bonds. The quantitative estimate of drug-likeness (QED) is 0.289. The van der Waals surface area contributed by atoms with Crippen LogP contribution in [0.25, 0.3) is 0 Å². The zero-order chi connectivity index (χ0) is 17.9. The first kappa shape index (κ1) is 36.3. The highest BCUT2D eigenvalue weighted by atomic mass is 16.4. The number of hydrogen-bond donors (Lipinski definition) is 7. The van der Waals surface area contributed by atoms with E-state index in [9.17, 15) is 0 Å². The molecule has 10 N–H and O–H groups in total. The summed E-state index contributed by atoms with van der Waals surface area (Å²) in [6.07, 6.45) is -0.667. The van der Waals surface area contributed by atoms with Crippen LogP contribution >= 0.6 is 0 Å². The number of hydrogen-bond acceptors (Lipinski definition) is 7. The number of carboxylic acid groups (broad SMARTS) is 4. The molecule has 0 aromatic carbocycles. The molecule has 0 fully saturated rings. The van der Waals surface area contributed by atoms with E-state index in [0.29, 0.717) is 0 Å². The number of carboxylic acids is 4. The maximum atomic E-state index is 9.00. The Kier molecular flexibility index (Phi) is 53.0. The fourth-order valence-electron chi connectivity index (χ4n) is 0. The number of aliphatic carboxylic acids is 4. The number of carbonyl (C=O) groups is 4. The largest absolute Gasteiger partial charge is 0.481 e. The fourth-order valence-corrected chi connectivity index (χ4v) is 0. The lowest BCUT2D eigenvalue weighted by atomic mass is 10.7. The van der Waals surface area contributed by atoms with Crippen molar-refractivity contribution in [3.63, 3.8) is 0 Å². The summed E-state index contributed by atoms with van der Waals surface area (Å²) in [7, 11) is 0. The minimum absolute atomic E-state index is 0. The molecule has 0 spiro atoms. The van der Waals surface area contributed by atoms with Crippen molar-refractivity contribution in [2.24, 2.45) is 5.73 Å². The summed E-state index contributed by atoms with van der Waals surface area (Å²) in [6, 6.07) is 0. The number of rotatable bonds is 0. The van der Waals surface area contributed by atoms with Gasteiger partial charge in [-0.1, -0.05) is 0 Å². The normalized spacial score (nSPS) is 7.76. The maximum Gasteiger partial charge on any atom is 0.300 e. The Morgan fingerprint density at radius 3 is 0.714 bits per heavy atom. The summed E-state index contributed by atoms with van der Waals surface area (Å²) in [5.74, 6) is -3.33. The van der Waals surface area contributed by atoms with E-state index in [1.165, 1.54) is 6.92 Å². The summed E-state index contributed by atoms with van der Waals surface area (Å²) < 4.78 is 0. The van der Waals surface area contributed by atoms with Gasteiger partial charge < -0.3 is 37.4 Å². The number of nitrogens with two attached hydrogens (primary N) is 1. The van der Waals surface area contributed by atoms with Gasteiger partial charge in [0.05, 0.1) is 6.23 Å². The smallest absolute Gasteiger partial charge is 0.300 e. The van der Waals surface area contributed by atoms with Crippen LogP contribution in [0, 0.1) is 0 Å². The van der Waals surface area contributed by atoms with Crippen molar-refractivity contribution in [2.45, 2.75) is 40.8 Å². The van der Waals surface area contributed by atoms with Gasteiger partial charge in [-0.2, -0.15) is 0 Å². The van der Waals surface area contributed by atoms with Crippen LogP contribution in [0.15, 0.2) is 0 Å². The van der Waals surface area contributed by atoms with Crippen molar-refractivity contribution >= 4 is 23.9 Å². The third-order valence-electron chi connectivity index (χ3n) is 0. The van der Waals surface area contributed by atoms with Crippen molar-refractivity contribution < 1.29 is 44.7 Å². The Morgan fingerprint density at radius 1 is 0.714 bits per heavy atom. The number of aliphatic hydroxyl groups excluding tert-OH is 1. The van der Waals surface area contributed by atoms with E-state index >= 15 is 0 Å². The zero-order valence-corrected chi connectivity index (χ0v) is 12.7. The minimum atomic E-state index is -0.833. The Balaban J connectivity index is -0.0000000331. The monoisotopic (exact) mass is 318 g/mol. The highest BCUT2D eigenvalue weighted by Gasteiger charge is 1.68. The molecule has 1 atom stereocenters. The lowest BCUT2D eigenvalue weighted by molar-refractivity contribution is -0.135. The molecule has 0 radical (unpaired) electrons. The Bertz CT molecular complexity index is 200. The summed E-state index contributed by atoms with van der Waals surface area (Å²) in [5, 5.41) is 37.5. The second-order valence-corrected chi connectivity index (χ2v) is 2.82. The molecule has 0 heterocycles. The zero-order valence-electron chi connectivity index (χ0n) is 12.7. The lowest BCUT2D eigenvalue weighted by Crippen LogP contribution is -2.11. The minimum Gasteiger partial charge on any atom is -0.481 e. The van der Waals surface area contributed by atoms with Crippen LogP contribution in [0.3, 0.4) is 0 Å². The fraction of sp³-hybridized carbons (Fsp3) is 0.600. The number of aliphatic hydroxyl groups is 1. The molecule has 11 heteroatoms. The van der Waals surface area contributed by atoms with E-state index in [2.05, 4.69) is 5.73 Å². The average Bonchev–Trinajstić information content (AvgIpc) is 1.94. The molecular weight excluding hydrogens is 292 g/mol. The van der Waals surface area contributed by atoms with Crippen molar-refractivity contribution in [1.29, 1.82) is 0 Å². The average molecular weight is 318 g/mol. The topological polar surface area (TPSA) is 230 Å². The van der Waals surface area contributed by atoms with Gasteiger partial charge in [-0.15, -0.1) is 0 Å². The molecule has 0 saturated heterocycles. The summed E-state index contributed by atoms with van der Waals surface area (Å²) in [4.78, 5) is 36.0. The van der Waals surface area contributed by atoms with Crippen LogP contribution < -0.4 is 11.9 Å². The standard InChI is InChI=1S/C2H7NO.4C2H4O2.H3N/c5*1-2(3)4;/h2,4H,3H2,1H3;4*1H3,(H,3,4);1H3. The van der Waals surface area contributed by atoms with Crippen molar-refractivity contribution in [3.05, 3.63) is 0 Å². The molecule has 0 saturated carbocycles. The van der Waals surface area contributed by atoms with E-state index in [-0.39, 0.29) is 6.15 Å². The second kappa shape index (κ2) is 30.6. The molecule has 130 valence electrons. The molecule has 0 aliphatic rings. The van der Waals surface area contributed by atoms with Crippen LogP contribution in [-0.2, 0) is 19.2 Å². The molecule has 0 aromatic rings. The Hall–Kier alpha value is -2.24. The highest BCUT2D eigenvalue weighted by Crippen LogP contribution is 1.50. The van der Waals surface area contributed by atoms with Crippen molar-refractivity contribution in [3.8, 4) is 0 Å². The third kappa shape index (κ3) is 879. The van der Waals surface area contributed by atoms with Gasteiger partial charge in [0.2, 0.25) is 0 Å². The first-order valence-electron chi connectivity index (χ1n) is 4.88. The molecule has 0 aromatic heterocycles. The van der Waals surface area contributed by atoms with E-state index < -0.39 is 30.1 Å².